The maximum Gasteiger partial charge on any atom is 0.167 e. The molecule has 0 spiro atoms. The predicted molar refractivity (Wildman–Crippen MR) is 65.6 cm³/mol. The van der Waals surface area contributed by atoms with Crippen molar-refractivity contribution in [1.82, 2.24) is 0 Å². The highest BCUT2D eigenvalue weighted by Crippen LogP contribution is 2.27. The summed E-state index contributed by atoms with van der Waals surface area (Å²) in [6.07, 6.45) is 1.14. The minimum Gasteiger partial charge on any atom is -0.494 e. The molecule has 0 aromatic heterocycles. The molecule has 0 saturated carbocycles. The zero-order valence-electron chi connectivity index (χ0n) is 9.66. The van der Waals surface area contributed by atoms with Crippen molar-refractivity contribution < 1.29 is 17.5 Å². The number of sulfone groups is 1. The molecule has 96 valence electrons. The van der Waals surface area contributed by atoms with E-state index in [1.54, 1.807) is 0 Å². The number of nitrogen functional groups attached to an aromatic ring is 1. The Balaban J connectivity index is 2.77. The summed E-state index contributed by atoms with van der Waals surface area (Å²) in [6, 6.07) is 2.52. The quantitative estimate of drug-likeness (QED) is 0.770. The third kappa shape index (κ3) is 4.10. The van der Waals surface area contributed by atoms with Gasteiger partial charge in [0.1, 0.15) is 9.84 Å². The highest BCUT2D eigenvalue weighted by molar-refractivity contribution is 7.90. The number of hydrogen-bond donors (Lipinski definition) is 2. The SMILES string of the molecule is COc1cc(NCCS(C)(=O)=O)c(N)cc1F. The van der Waals surface area contributed by atoms with Crippen molar-refractivity contribution in [3.8, 4) is 5.75 Å². The summed E-state index contributed by atoms with van der Waals surface area (Å²) in [5.74, 6) is -0.522. The topological polar surface area (TPSA) is 81.4 Å². The number of ether oxygens (including phenoxy) is 1. The van der Waals surface area contributed by atoms with Crippen LogP contribution in [0.15, 0.2) is 12.1 Å². The van der Waals surface area contributed by atoms with Crippen LogP contribution in [-0.4, -0.2) is 34.1 Å². The summed E-state index contributed by atoms with van der Waals surface area (Å²) in [4.78, 5) is 0. The molecular weight excluding hydrogens is 247 g/mol. The van der Waals surface area contributed by atoms with Crippen molar-refractivity contribution in [1.29, 1.82) is 0 Å². The second-order valence-electron chi connectivity index (χ2n) is 3.63. The van der Waals surface area contributed by atoms with Crippen LogP contribution < -0.4 is 15.8 Å². The molecule has 0 aliphatic heterocycles. The van der Waals surface area contributed by atoms with Crippen LogP contribution in [0.5, 0.6) is 5.75 Å². The zero-order valence-corrected chi connectivity index (χ0v) is 10.5. The molecule has 0 aliphatic rings. The molecule has 1 rings (SSSR count). The Kier molecular flexibility index (Phi) is 4.17. The van der Waals surface area contributed by atoms with E-state index in [0.29, 0.717) is 5.69 Å². The number of benzene rings is 1. The average Bonchev–Trinajstić information content (AvgIpc) is 2.19. The van der Waals surface area contributed by atoms with Gasteiger partial charge in [-0.2, -0.15) is 0 Å². The summed E-state index contributed by atoms with van der Waals surface area (Å²) in [7, 11) is -1.70. The fourth-order valence-corrected chi connectivity index (χ4v) is 1.72. The van der Waals surface area contributed by atoms with Crippen molar-refractivity contribution in [2.24, 2.45) is 0 Å². The van der Waals surface area contributed by atoms with Gasteiger partial charge in [0.15, 0.2) is 11.6 Å². The Morgan fingerprint density at radius 1 is 1.47 bits per heavy atom. The molecule has 17 heavy (non-hydrogen) atoms. The molecule has 0 radical (unpaired) electrons. The van der Waals surface area contributed by atoms with E-state index in [1.807, 2.05) is 0 Å². The van der Waals surface area contributed by atoms with Gasteiger partial charge in [0.2, 0.25) is 0 Å². The van der Waals surface area contributed by atoms with Crippen LogP contribution in [0.2, 0.25) is 0 Å². The summed E-state index contributed by atoms with van der Waals surface area (Å²) >= 11 is 0. The Morgan fingerprint density at radius 2 is 2.12 bits per heavy atom. The molecule has 0 saturated heterocycles. The van der Waals surface area contributed by atoms with Crippen LogP contribution in [0.1, 0.15) is 0 Å². The molecule has 0 fully saturated rings. The maximum absolute atomic E-state index is 13.2. The van der Waals surface area contributed by atoms with Gasteiger partial charge in [-0.05, 0) is 0 Å². The molecule has 1 aromatic carbocycles. The predicted octanol–water partition coefficient (Wildman–Crippen LogP) is 0.873. The molecule has 1 aromatic rings. The van der Waals surface area contributed by atoms with E-state index >= 15 is 0 Å². The summed E-state index contributed by atoms with van der Waals surface area (Å²) in [5.41, 5.74) is 6.24. The number of nitrogens with two attached hydrogens (primary N) is 1. The number of hydrogen-bond acceptors (Lipinski definition) is 5. The molecule has 5 nitrogen and oxygen atoms in total. The molecule has 0 bridgehead atoms. The van der Waals surface area contributed by atoms with Crippen molar-refractivity contribution in [3.63, 3.8) is 0 Å². The number of halogens is 1. The van der Waals surface area contributed by atoms with Crippen molar-refractivity contribution in [2.45, 2.75) is 0 Å². The number of anilines is 2. The fourth-order valence-electron chi connectivity index (χ4n) is 1.25. The summed E-state index contributed by atoms with van der Waals surface area (Å²) in [5, 5.41) is 2.82. The Labute approximate surface area is 99.7 Å². The second kappa shape index (κ2) is 5.22. The molecular formula is C10H15FN2O3S. The monoisotopic (exact) mass is 262 g/mol. The van der Waals surface area contributed by atoms with Crippen LogP contribution in [0.25, 0.3) is 0 Å². The van der Waals surface area contributed by atoms with Gasteiger partial charge in [-0.3, -0.25) is 0 Å². The third-order valence-electron chi connectivity index (χ3n) is 2.11. The highest BCUT2D eigenvalue weighted by atomic mass is 32.2. The maximum atomic E-state index is 13.2. The lowest BCUT2D eigenvalue weighted by atomic mass is 10.2. The van der Waals surface area contributed by atoms with Crippen LogP contribution in [-0.2, 0) is 9.84 Å². The van der Waals surface area contributed by atoms with Crippen LogP contribution in [0.3, 0.4) is 0 Å². The number of nitrogens with one attached hydrogen (secondary N) is 1. The van der Waals surface area contributed by atoms with Gasteiger partial charge in [0.05, 0.1) is 24.2 Å². The molecule has 7 heteroatoms. The average molecular weight is 262 g/mol. The first kappa shape index (κ1) is 13.6. The lowest BCUT2D eigenvalue weighted by molar-refractivity contribution is 0.387. The summed E-state index contributed by atoms with van der Waals surface area (Å²) < 4.78 is 39.9. The van der Waals surface area contributed by atoms with Gasteiger partial charge in [0.25, 0.3) is 0 Å². The smallest absolute Gasteiger partial charge is 0.167 e. The van der Waals surface area contributed by atoms with Crippen molar-refractivity contribution in [2.75, 3.05) is 36.7 Å². The van der Waals surface area contributed by atoms with E-state index < -0.39 is 15.7 Å². The lowest BCUT2D eigenvalue weighted by Crippen LogP contribution is -2.15. The van der Waals surface area contributed by atoms with Gasteiger partial charge in [0, 0.05) is 24.9 Å². The fraction of sp³-hybridized carbons (Fsp3) is 0.400. The first-order valence-corrected chi connectivity index (χ1v) is 6.94. The van der Waals surface area contributed by atoms with Crippen molar-refractivity contribution in [3.05, 3.63) is 17.9 Å². The standard InChI is InChI=1S/C10H15FN2O3S/c1-16-10-6-9(8(12)5-7(10)11)13-3-4-17(2,14)15/h5-6,13H,3-4,12H2,1-2H3. The minimum atomic E-state index is -3.04. The van der Waals surface area contributed by atoms with Crippen LogP contribution in [0, 0.1) is 5.82 Å². The second-order valence-corrected chi connectivity index (χ2v) is 5.89. The van der Waals surface area contributed by atoms with Gasteiger partial charge in [-0.1, -0.05) is 0 Å². The molecule has 0 aliphatic carbocycles. The van der Waals surface area contributed by atoms with E-state index in [9.17, 15) is 12.8 Å². The third-order valence-corrected chi connectivity index (χ3v) is 3.06. The van der Waals surface area contributed by atoms with E-state index in [-0.39, 0.29) is 23.7 Å². The summed E-state index contributed by atoms with van der Waals surface area (Å²) in [6.45, 7) is 0.206. The normalized spacial score (nSPS) is 11.2. The van der Waals surface area contributed by atoms with Gasteiger partial charge >= 0.3 is 0 Å². The first-order valence-electron chi connectivity index (χ1n) is 4.88. The molecule has 3 N–H and O–H groups in total. The highest BCUT2D eigenvalue weighted by Gasteiger charge is 2.09. The van der Waals surface area contributed by atoms with Gasteiger partial charge < -0.3 is 15.8 Å². The zero-order chi connectivity index (χ0) is 13.1. The first-order chi connectivity index (χ1) is 7.83. The largest absolute Gasteiger partial charge is 0.494 e. The number of methoxy groups -OCH3 is 1. The Hall–Kier alpha value is -1.50. The van der Waals surface area contributed by atoms with Crippen LogP contribution >= 0.6 is 0 Å². The molecule has 0 unspecified atom stereocenters. The molecule has 0 amide bonds. The van der Waals surface area contributed by atoms with E-state index in [0.717, 1.165) is 12.3 Å². The molecule has 0 heterocycles. The Morgan fingerprint density at radius 3 is 2.65 bits per heavy atom. The molecule has 0 atom stereocenters. The minimum absolute atomic E-state index is 0.0217. The van der Waals surface area contributed by atoms with Gasteiger partial charge in [-0.15, -0.1) is 0 Å². The van der Waals surface area contributed by atoms with Gasteiger partial charge in [-0.25, -0.2) is 12.8 Å². The lowest BCUT2D eigenvalue weighted by Gasteiger charge is -2.11. The van der Waals surface area contributed by atoms with E-state index in [1.165, 1.54) is 13.2 Å². The number of rotatable bonds is 5. The van der Waals surface area contributed by atoms with E-state index in [2.05, 4.69) is 5.32 Å². The van der Waals surface area contributed by atoms with Crippen molar-refractivity contribution >= 4 is 21.2 Å². The van der Waals surface area contributed by atoms with Crippen LogP contribution in [0.4, 0.5) is 15.8 Å². The van der Waals surface area contributed by atoms with E-state index in [4.69, 9.17) is 10.5 Å². The Bertz CT molecular complexity index is 503.